The van der Waals surface area contributed by atoms with Crippen LogP contribution in [-0.4, -0.2) is 20.2 Å². The van der Waals surface area contributed by atoms with Crippen molar-refractivity contribution in [3.63, 3.8) is 0 Å². The minimum atomic E-state index is 0.428. The number of ether oxygens (including phenoxy) is 1. The molecule has 0 atom stereocenters. The number of methoxy groups -OCH3 is 1. The van der Waals surface area contributed by atoms with Crippen molar-refractivity contribution in [2.45, 2.75) is 26.7 Å². The molecule has 0 spiro atoms. The predicted octanol–water partition coefficient (Wildman–Crippen LogP) is 1.78. The zero-order chi connectivity index (χ0) is 12.8. The maximum atomic E-state index is 5.66. The highest BCUT2D eigenvalue weighted by atomic mass is 16.5. The molecular weight excluding hydrogens is 212 g/mol. The largest absolute Gasteiger partial charge is 0.496 e. The van der Waals surface area contributed by atoms with Crippen molar-refractivity contribution >= 4 is 0 Å². The Bertz CT molecular complexity index is 359. The smallest absolute Gasteiger partial charge is 0.122 e. The highest BCUT2D eigenvalue weighted by Crippen LogP contribution is 2.25. The molecule has 1 rings (SSSR count). The van der Waals surface area contributed by atoms with Gasteiger partial charge in [0.2, 0.25) is 0 Å². The lowest BCUT2D eigenvalue weighted by Crippen LogP contribution is -2.23. The zero-order valence-electron chi connectivity index (χ0n) is 11.1. The van der Waals surface area contributed by atoms with Gasteiger partial charge in [-0.15, -0.1) is 0 Å². The molecule has 0 amide bonds. The molecule has 0 bridgehead atoms. The molecule has 0 fully saturated rings. The third-order valence-corrected chi connectivity index (χ3v) is 3.56. The van der Waals surface area contributed by atoms with E-state index in [4.69, 9.17) is 16.2 Å². The number of hydrogen-bond acceptors (Lipinski definition) is 3. The molecule has 3 heteroatoms. The molecule has 0 saturated carbocycles. The normalized spacial score (nSPS) is 10.9. The summed E-state index contributed by atoms with van der Waals surface area (Å²) in [5.74, 6) is 1.39. The first-order valence-corrected chi connectivity index (χ1v) is 6.17. The average Bonchev–Trinajstić information content (AvgIpc) is 2.35. The van der Waals surface area contributed by atoms with Crippen molar-refractivity contribution in [2.24, 2.45) is 17.4 Å². The van der Waals surface area contributed by atoms with Gasteiger partial charge in [0.05, 0.1) is 7.11 Å². The summed E-state index contributed by atoms with van der Waals surface area (Å²) in [6, 6.07) is 4.18. The van der Waals surface area contributed by atoms with E-state index in [0.29, 0.717) is 19.0 Å². The van der Waals surface area contributed by atoms with Crippen molar-refractivity contribution < 1.29 is 4.74 Å². The van der Waals surface area contributed by atoms with Crippen LogP contribution in [0.15, 0.2) is 12.1 Å². The summed E-state index contributed by atoms with van der Waals surface area (Å²) in [5, 5.41) is 0. The van der Waals surface area contributed by atoms with Crippen molar-refractivity contribution in [1.82, 2.24) is 0 Å². The predicted molar refractivity (Wildman–Crippen MR) is 72.4 cm³/mol. The Hall–Kier alpha value is -1.06. The second kappa shape index (κ2) is 6.62. The Morgan fingerprint density at radius 2 is 1.76 bits per heavy atom. The van der Waals surface area contributed by atoms with Gasteiger partial charge in [-0.25, -0.2) is 0 Å². The molecule has 0 unspecified atom stereocenters. The number of hydrogen-bond donors (Lipinski definition) is 2. The van der Waals surface area contributed by atoms with Crippen LogP contribution in [-0.2, 0) is 6.42 Å². The van der Waals surface area contributed by atoms with Crippen LogP contribution in [0.3, 0.4) is 0 Å². The maximum absolute atomic E-state index is 5.66. The van der Waals surface area contributed by atoms with Gasteiger partial charge >= 0.3 is 0 Å². The first-order chi connectivity index (χ1) is 8.13. The number of nitrogens with two attached hydrogens (primary N) is 2. The van der Waals surface area contributed by atoms with E-state index in [9.17, 15) is 0 Å². The topological polar surface area (TPSA) is 61.3 Å². The lowest BCUT2D eigenvalue weighted by atomic mass is 9.94. The quantitative estimate of drug-likeness (QED) is 0.791. The van der Waals surface area contributed by atoms with Gasteiger partial charge < -0.3 is 16.2 Å². The standard InChI is InChI=1S/C14H24N2O/c1-10-11(2)14(17-3)7-6-13(10)5-4-12(8-15)9-16/h6-7,12H,4-5,8-9,15-16H2,1-3H3. The zero-order valence-corrected chi connectivity index (χ0v) is 11.1. The van der Waals surface area contributed by atoms with Crippen LogP contribution < -0.4 is 16.2 Å². The summed E-state index contributed by atoms with van der Waals surface area (Å²) in [7, 11) is 1.71. The molecule has 0 aliphatic carbocycles. The fourth-order valence-corrected chi connectivity index (χ4v) is 2.04. The molecule has 0 saturated heterocycles. The summed E-state index contributed by atoms with van der Waals surface area (Å²) in [4.78, 5) is 0. The van der Waals surface area contributed by atoms with E-state index in [1.807, 2.05) is 6.07 Å². The van der Waals surface area contributed by atoms with Crippen LogP contribution in [0, 0.1) is 19.8 Å². The first-order valence-electron chi connectivity index (χ1n) is 6.17. The maximum Gasteiger partial charge on any atom is 0.122 e. The van der Waals surface area contributed by atoms with Gasteiger partial charge in [-0.3, -0.25) is 0 Å². The molecule has 1 aromatic rings. The van der Waals surface area contributed by atoms with Crippen LogP contribution in [0.4, 0.5) is 0 Å². The van der Waals surface area contributed by atoms with E-state index in [0.717, 1.165) is 18.6 Å². The van der Waals surface area contributed by atoms with E-state index in [1.165, 1.54) is 16.7 Å². The van der Waals surface area contributed by atoms with Crippen molar-refractivity contribution in [2.75, 3.05) is 20.2 Å². The number of benzene rings is 1. The third-order valence-electron chi connectivity index (χ3n) is 3.56. The van der Waals surface area contributed by atoms with Gasteiger partial charge in [0, 0.05) is 0 Å². The molecule has 0 aliphatic rings. The Morgan fingerprint density at radius 1 is 1.12 bits per heavy atom. The summed E-state index contributed by atoms with van der Waals surface area (Å²) in [6.45, 7) is 5.59. The highest BCUT2D eigenvalue weighted by molar-refractivity contribution is 5.43. The van der Waals surface area contributed by atoms with Crippen LogP contribution in [0.1, 0.15) is 23.1 Å². The van der Waals surface area contributed by atoms with E-state index < -0.39 is 0 Å². The molecule has 0 heterocycles. The van der Waals surface area contributed by atoms with Gasteiger partial charge in [-0.2, -0.15) is 0 Å². The van der Waals surface area contributed by atoms with Crippen molar-refractivity contribution in [3.8, 4) is 5.75 Å². The summed E-state index contributed by atoms with van der Waals surface area (Å²) >= 11 is 0. The Labute approximate surface area is 104 Å². The number of rotatable bonds is 6. The SMILES string of the molecule is COc1ccc(CCC(CN)CN)c(C)c1C. The molecule has 0 aliphatic heterocycles. The monoisotopic (exact) mass is 236 g/mol. The minimum absolute atomic E-state index is 0.428. The Kier molecular flexibility index (Phi) is 5.45. The Morgan fingerprint density at radius 3 is 2.29 bits per heavy atom. The van der Waals surface area contributed by atoms with E-state index in [-0.39, 0.29) is 0 Å². The summed E-state index contributed by atoms with van der Waals surface area (Å²) < 4.78 is 5.31. The van der Waals surface area contributed by atoms with Crippen LogP contribution >= 0.6 is 0 Å². The van der Waals surface area contributed by atoms with E-state index in [1.54, 1.807) is 7.11 Å². The molecule has 0 aromatic heterocycles. The molecular formula is C14H24N2O. The van der Waals surface area contributed by atoms with Gasteiger partial charge in [0.15, 0.2) is 0 Å². The molecule has 4 N–H and O–H groups in total. The third kappa shape index (κ3) is 3.45. The van der Waals surface area contributed by atoms with Gasteiger partial charge in [0.1, 0.15) is 5.75 Å². The molecule has 3 nitrogen and oxygen atoms in total. The fraction of sp³-hybridized carbons (Fsp3) is 0.571. The second-order valence-corrected chi connectivity index (χ2v) is 4.55. The van der Waals surface area contributed by atoms with Crippen molar-refractivity contribution in [1.29, 1.82) is 0 Å². The van der Waals surface area contributed by atoms with E-state index >= 15 is 0 Å². The molecule has 0 radical (unpaired) electrons. The summed E-state index contributed by atoms with van der Waals surface area (Å²) in [5.41, 5.74) is 15.2. The van der Waals surface area contributed by atoms with E-state index in [2.05, 4.69) is 19.9 Å². The minimum Gasteiger partial charge on any atom is -0.496 e. The van der Waals surface area contributed by atoms with Crippen LogP contribution in [0.2, 0.25) is 0 Å². The fourth-order valence-electron chi connectivity index (χ4n) is 2.04. The summed E-state index contributed by atoms with van der Waals surface area (Å²) in [6.07, 6.45) is 2.09. The van der Waals surface area contributed by atoms with Crippen molar-refractivity contribution in [3.05, 3.63) is 28.8 Å². The Balaban J connectivity index is 2.75. The lowest BCUT2D eigenvalue weighted by Gasteiger charge is -2.15. The number of aryl methyl sites for hydroxylation is 1. The lowest BCUT2D eigenvalue weighted by molar-refractivity contribution is 0.411. The average molecular weight is 236 g/mol. The molecule has 96 valence electrons. The first kappa shape index (κ1) is 14.0. The van der Waals surface area contributed by atoms with Crippen LogP contribution in [0.25, 0.3) is 0 Å². The van der Waals surface area contributed by atoms with Gasteiger partial charge in [-0.1, -0.05) is 6.07 Å². The van der Waals surface area contributed by atoms with Gasteiger partial charge in [-0.05, 0) is 68.5 Å². The van der Waals surface area contributed by atoms with Gasteiger partial charge in [0.25, 0.3) is 0 Å². The van der Waals surface area contributed by atoms with Crippen LogP contribution in [0.5, 0.6) is 5.75 Å². The highest BCUT2D eigenvalue weighted by Gasteiger charge is 2.09. The molecule has 17 heavy (non-hydrogen) atoms. The molecule has 1 aromatic carbocycles. The second-order valence-electron chi connectivity index (χ2n) is 4.55.